The number of allylic oxidation sites excluding steroid dienone is 4. The van der Waals surface area contributed by atoms with Crippen molar-refractivity contribution in [2.24, 2.45) is 47.3 Å². The summed E-state index contributed by atoms with van der Waals surface area (Å²) < 4.78 is 11.3. The van der Waals surface area contributed by atoms with Gasteiger partial charge >= 0.3 is 29.0 Å². The Hall–Kier alpha value is -3.51. The van der Waals surface area contributed by atoms with Crippen molar-refractivity contribution in [3.8, 4) is 0 Å². The summed E-state index contributed by atoms with van der Waals surface area (Å²) in [6, 6.07) is -0.575. The summed E-state index contributed by atoms with van der Waals surface area (Å²) in [5.41, 5.74) is 8.41. The van der Waals surface area contributed by atoms with Crippen LogP contribution in [-0.4, -0.2) is 71.1 Å². The van der Waals surface area contributed by atoms with Crippen molar-refractivity contribution in [3.05, 3.63) is 83.7 Å². The summed E-state index contributed by atoms with van der Waals surface area (Å²) >= 11 is 0. The zero-order valence-corrected chi connectivity index (χ0v) is 43.7. The zero-order valence-electron chi connectivity index (χ0n) is 42.3. The first-order valence-corrected chi connectivity index (χ1v) is 24.8. The van der Waals surface area contributed by atoms with Crippen LogP contribution in [0.4, 0.5) is 0 Å². The normalized spacial score (nSPS) is 26.1. The molecule has 2 N–H and O–H groups in total. The van der Waals surface area contributed by atoms with Crippen LogP contribution in [0.25, 0.3) is 40.2 Å². The van der Waals surface area contributed by atoms with Gasteiger partial charge in [0.1, 0.15) is 11.7 Å². The molecule has 2 aromatic rings. The maximum absolute atomic E-state index is 13.7. The fourth-order valence-corrected chi connectivity index (χ4v) is 11.0. The van der Waals surface area contributed by atoms with Gasteiger partial charge in [0.25, 0.3) is 0 Å². The van der Waals surface area contributed by atoms with E-state index in [0.717, 1.165) is 65.2 Å². The summed E-state index contributed by atoms with van der Waals surface area (Å²) in [6.07, 6.45) is 20.1. The van der Waals surface area contributed by atoms with Crippen LogP contribution in [0.15, 0.2) is 28.7 Å². The monoisotopic (exact) mass is 915 g/mol. The van der Waals surface area contributed by atoms with Gasteiger partial charge in [-0.05, 0) is 94.8 Å². The third-order valence-corrected chi connectivity index (χ3v) is 15.1. The van der Waals surface area contributed by atoms with E-state index in [1.54, 1.807) is 6.92 Å². The number of Topliss-reactive ketones (excluding diaryl/α,β-unsaturated/α-hetero) is 1. The number of esters is 1. The van der Waals surface area contributed by atoms with Crippen molar-refractivity contribution in [2.45, 2.75) is 166 Å². The molecule has 0 amide bonds. The molecule has 6 rings (SSSR count). The van der Waals surface area contributed by atoms with Crippen LogP contribution >= 0.6 is 0 Å². The predicted molar refractivity (Wildman–Crippen MR) is 269 cm³/mol. The number of ether oxygens (including phenoxy) is 2. The molecule has 0 aromatic carbocycles. The van der Waals surface area contributed by atoms with Gasteiger partial charge in [-0.3, -0.25) is 9.59 Å². The Balaban J connectivity index is 0.00000817. The van der Waals surface area contributed by atoms with Crippen LogP contribution in [0.2, 0.25) is 0 Å². The third kappa shape index (κ3) is 12.0. The number of ketones is 1. The molecule has 3 aliphatic heterocycles. The molecule has 0 spiro atoms. The summed E-state index contributed by atoms with van der Waals surface area (Å²) in [6.45, 7) is 23.7. The molecule has 8 bridgehead atoms. The topological polar surface area (TPSA) is 149 Å². The van der Waals surface area contributed by atoms with Gasteiger partial charge in [0.05, 0.1) is 13.7 Å². The minimum absolute atomic E-state index is 0. The molecule has 0 radical (unpaired) electrons. The summed E-state index contributed by atoms with van der Waals surface area (Å²) in [5, 5.41) is 34.7. The minimum atomic E-state index is -1.08. The fraction of sp³-hybridized carbons (Fsp3) is 0.636. The van der Waals surface area contributed by atoms with E-state index in [4.69, 9.17) is 30.1 Å². The first-order chi connectivity index (χ1) is 30.9. The number of methoxy groups -OCH3 is 1. The van der Waals surface area contributed by atoms with Crippen molar-refractivity contribution < 1.29 is 29.3 Å². The summed E-state index contributed by atoms with van der Waals surface area (Å²) in [7, 11) is 1.33. The van der Waals surface area contributed by atoms with E-state index in [0.29, 0.717) is 58.2 Å². The van der Waals surface area contributed by atoms with E-state index in [9.17, 15) is 19.8 Å². The van der Waals surface area contributed by atoms with Gasteiger partial charge in [-0.2, -0.15) is 17.1 Å². The molecular weight excluding hydrogens is 837 g/mol. The largest absolute Gasteiger partial charge is 2.00 e. The van der Waals surface area contributed by atoms with Gasteiger partial charge < -0.3 is 40.3 Å². The van der Waals surface area contributed by atoms with Gasteiger partial charge in [0.15, 0.2) is 12.1 Å². The smallest absolute Gasteiger partial charge is 0.681 e. The number of aliphatic hydroxyl groups is 2. The molecule has 1 aliphatic carbocycles. The van der Waals surface area contributed by atoms with E-state index < -0.39 is 24.2 Å². The molecule has 11 heteroatoms. The SMILES string of the molecule is CC[C@H]1/C2=C/c3[n-]c4c(c3C)=C(O)[C@H](C(=O)OC)C=4C3[N-]/C(=C\c4[n-]c(c(C(C)=O)c4C)/C=C(\[N-]2)[C@@H]1C)[C@@H](C)[C@@H]3CCC(O)OC/C=C(/C)CCC[C@H](C)CCC[C@H](C)CCCC(C)C.[Mg+2]. The van der Waals surface area contributed by atoms with Crippen LogP contribution in [0.3, 0.4) is 0 Å². The van der Waals surface area contributed by atoms with E-state index in [-0.39, 0.29) is 58.3 Å². The number of hydrogen-bond donors (Lipinski definition) is 2. The van der Waals surface area contributed by atoms with Crippen molar-refractivity contribution in [1.29, 1.82) is 0 Å². The Bertz CT molecular complexity index is 2290. The Morgan fingerprint density at radius 1 is 0.818 bits per heavy atom. The molecule has 2 fully saturated rings. The number of nitrogens with zero attached hydrogens (tertiary/aromatic N) is 4. The maximum atomic E-state index is 13.7. The number of carbonyl (C=O) groups excluding carboxylic acids is 2. The van der Waals surface area contributed by atoms with Crippen molar-refractivity contribution in [1.82, 2.24) is 9.97 Å². The second-order valence-electron chi connectivity index (χ2n) is 20.5. The van der Waals surface area contributed by atoms with Crippen LogP contribution in [0, 0.1) is 61.2 Å². The maximum Gasteiger partial charge on any atom is 2.00 e. The van der Waals surface area contributed by atoms with Gasteiger partial charge in [0.2, 0.25) is 0 Å². The molecule has 66 heavy (non-hydrogen) atoms. The number of aromatic nitrogens is 2. The fourth-order valence-electron chi connectivity index (χ4n) is 11.0. The van der Waals surface area contributed by atoms with Gasteiger partial charge in [-0.1, -0.05) is 152 Å². The molecule has 5 heterocycles. The van der Waals surface area contributed by atoms with Crippen LogP contribution in [0.5, 0.6) is 0 Å². The quantitative estimate of drug-likeness (QED) is 0.0413. The van der Waals surface area contributed by atoms with Crippen LogP contribution < -0.4 is 20.5 Å². The van der Waals surface area contributed by atoms with E-state index in [1.165, 1.54) is 57.6 Å². The Labute approximate surface area is 411 Å². The first-order valence-electron chi connectivity index (χ1n) is 24.8. The third-order valence-electron chi connectivity index (χ3n) is 15.1. The summed E-state index contributed by atoms with van der Waals surface area (Å²) in [5.74, 6) is 0.398. The average Bonchev–Trinajstić information content (AvgIpc) is 4.00. The molecular formula is C55H78MgN4O6-2. The van der Waals surface area contributed by atoms with E-state index in [1.807, 2.05) is 32.1 Å². The van der Waals surface area contributed by atoms with Gasteiger partial charge in [-0.25, -0.2) is 0 Å². The molecule has 2 aromatic heterocycles. The number of fused-ring (bicyclic) bond motifs is 8. The molecule has 358 valence electrons. The standard InChI is InChI=1S/C55H79N4O6.Mg/c1-13-39-34(7)41-29-46-48(38(11)60)36(9)43(57-46)27-42-35(8)40(52(58-42)50-51(55(63)64-12)54(62)49-37(10)44(59-53(49)50)28-45(39)56-41)23-24-47(61)65-26-25-33(6)22-16-21-32(5)20-15-19-31(4)18-14-17-30(2)3;/h25,27-32,34-35,39-40,47,51-52,61H,13-24,26H2,1-12H3,(H2-,56,57,60,62);/q-3;+2/p-1/b33-25-,42-27-,45-28-;/t31-,32-,34-,35+,39-,40+,47?,51-,52?;/m1./s1. The minimum Gasteiger partial charge on any atom is -0.681 e. The van der Waals surface area contributed by atoms with Crippen LogP contribution in [-0.2, 0) is 14.3 Å². The average molecular weight is 916 g/mol. The molecule has 2 unspecified atom stereocenters. The van der Waals surface area contributed by atoms with Gasteiger partial charge in [-0.15, -0.1) is 22.4 Å². The van der Waals surface area contributed by atoms with Crippen molar-refractivity contribution in [3.63, 3.8) is 0 Å². The number of hydrogen-bond acceptors (Lipinski definition) is 6. The molecule has 4 aliphatic rings. The molecule has 9 atom stereocenters. The second kappa shape index (κ2) is 23.7. The number of carbonyl (C=O) groups is 2. The molecule has 0 saturated carbocycles. The van der Waals surface area contributed by atoms with Gasteiger partial charge in [0, 0.05) is 10.8 Å². The van der Waals surface area contributed by atoms with E-state index in [2.05, 4.69) is 61.5 Å². The van der Waals surface area contributed by atoms with Crippen molar-refractivity contribution >= 4 is 64.4 Å². The predicted octanol–water partition coefficient (Wildman–Crippen LogP) is 11.0. The molecule has 2 saturated heterocycles. The Kier molecular flexibility index (Phi) is 19.2. The first kappa shape index (κ1) is 53.4. The van der Waals surface area contributed by atoms with Crippen LogP contribution in [0.1, 0.15) is 178 Å². The summed E-state index contributed by atoms with van der Waals surface area (Å²) in [4.78, 5) is 37.1. The molecule has 10 nitrogen and oxygen atoms in total. The Morgan fingerprint density at radius 3 is 2.08 bits per heavy atom. The second-order valence-corrected chi connectivity index (χ2v) is 20.5. The Morgan fingerprint density at radius 2 is 1.44 bits per heavy atom. The van der Waals surface area contributed by atoms with Crippen molar-refractivity contribution in [2.75, 3.05) is 13.7 Å². The van der Waals surface area contributed by atoms with E-state index >= 15 is 0 Å². The number of rotatable bonds is 21. The number of aliphatic hydroxyl groups excluding tert-OH is 2. The zero-order chi connectivity index (χ0) is 47.3.